The molecule has 1 aromatic carbocycles. The second kappa shape index (κ2) is 8.14. The Bertz CT molecular complexity index is 519. The van der Waals surface area contributed by atoms with Gasteiger partial charge in [-0.2, -0.15) is 0 Å². The van der Waals surface area contributed by atoms with Crippen molar-refractivity contribution >= 4 is 0 Å². The monoisotopic (exact) mass is 290 g/mol. The zero-order valence-corrected chi connectivity index (χ0v) is 12.3. The first kappa shape index (κ1) is 16.0. The van der Waals surface area contributed by atoms with Crippen molar-refractivity contribution in [2.75, 3.05) is 19.7 Å². The molecule has 3 nitrogen and oxygen atoms in total. The van der Waals surface area contributed by atoms with Crippen molar-refractivity contribution in [1.82, 2.24) is 4.90 Å². The maximum atomic E-state index is 14.2. The summed E-state index contributed by atoms with van der Waals surface area (Å²) >= 11 is 0. The van der Waals surface area contributed by atoms with E-state index in [0.717, 1.165) is 25.8 Å². The summed E-state index contributed by atoms with van der Waals surface area (Å²) in [6, 6.07) is 5.48. The van der Waals surface area contributed by atoms with Gasteiger partial charge in [0.05, 0.1) is 6.54 Å². The minimum absolute atomic E-state index is 0.192. The van der Waals surface area contributed by atoms with Crippen LogP contribution < -0.4 is 5.73 Å². The molecule has 1 unspecified atom stereocenters. The van der Waals surface area contributed by atoms with Gasteiger partial charge in [0.15, 0.2) is 0 Å². The number of halogens is 1. The highest BCUT2D eigenvalue weighted by atomic mass is 19.1. The molecule has 1 aliphatic heterocycles. The van der Waals surface area contributed by atoms with Crippen molar-refractivity contribution in [2.45, 2.75) is 38.3 Å². The molecular formula is C17H23FN2O. The summed E-state index contributed by atoms with van der Waals surface area (Å²) in [4.78, 5) is 2.28. The number of piperidine rings is 1. The third-order valence-electron chi connectivity index (χ3n) is 3.97. The van der Waals surface area contributed by atoms with E-state index in [4.69, 9.17) is 10.8 Å². The molecule has 0 saturated carbocycles. The SMILES string of the molecule is NCC#Cc1ccc(CN2CCCCC2CCO)c(F)c1. The molecule has 2 rings (SSSR count). The van der Waals surface area contributed by atoms with Gasteiger partial charge < -0.3 is 10.8 Å². The van der Waals surface area contributed by atoms with Crippen LogP contribution in [0.5, 0.6) is 0 Å². The van der Waals surface area contributed by atoms with Crippen LogP contribution in [0.2, 0.25) is 0 Å². The molecule has 0 spiro atoms. The lowest BCUT2D eigenvalue weighted by Gasteiger charge is -2.35. The van der Waals surface area contributed by atoms with Crippen LogP contribution in [0.4, 0.5) is 4.39 Å². The average Bonchev–Trinajstić information content (AvgIpc) is 2.49. The van der Waals surface area contributed by atoms with Crippen molar-refractivity contribution in [3.05, 3.63) is 35.1 Å². The molecule has 0 aliphatic carbocycles. The molecule has 1 fully saturated rings. The Kier molecular flexibility index (Phi) is 6.19. The smallest absolute Gasteiger partial charge is 0.128 e. The normalized spacial score (nSPS) is 19.1. The maximum absolute atomic E-state index is 14.2. The number of nitrogens with two attached hydrogens (primary N) is 1. The number of aliphatic hydroxyl groups is 1. The summed E-state index contributed by atoms with van der Waals surface area (Å²) in [5.41, 5.74) is 6.67. The van der Waals surface area contributed by atoms with E-state index in [0.29, 0.717) is 23.7 Å². The van der Waals surface area contributed by atoms with E-state index in [9.17, 15) is 4.39 Å². The summed E-state index contributed by atoms with van der Waals surface area (Å²) in [5, 5.41) is 9.15. The van der Waals surface area contributed by atoms with Crippen molar-refractivity contribution in [3.8, 4) is 11.8 Å². The highest BCUT2D eigenvalue weighted by molar-refractivity contribution is 5.37. The summed E-state index contributed by atoms with van der Waals surface area (Å²) in [6.07, 6.45) is 4.19. The molecule has 1 heterocycles. The topological polar surface area (TPSA) is 49.5 Å². The van der Waals surface area contributed by atoms with Gasteiger partial charge in [-0.3, -0.25) is 4.90 Å². The summed E-state index contributed by atoms with van der Waals surface area (Å²) < 4.78 is 14.2. The highest BCUT2D eigenvalue weighted by Gasteiger charge is 2.22. The lowest BCUT2D eigenvalue weighted by molar-refractivity contribution is 0.111. The quantitative estimate of drug-likeness (QED) is 0.832. The van der Waals surface area contributed by atoms with Crippen LogP contribution in [0, 0.1) is 17.7 Å². The molecule has 4 heteroatoms. The number of rotatable bonds is 4. The largest absolute Gasteiger partial charge is 0.396 e. The van der Waals surface area contributed by atoms with Crippen molar-refractivity contribution < 1.29 is 9.50 Å². The fraction of sp³-hybridized carbons (Fsp3) is 0.529. The lowest BCUT2D eigenvalue weighted by Crippen LogP contribution is -2.39. The Hall–Kier alpha value is -1.41. The Balaban J connectivity index is 2.07. The predicted molar refractivity (Wildman–Crippen MR) is 82.1 cm³/mol. The van der Waals surface area contributed by atoms with Gasteiger partial charge in [0, 0.05) is 30.3 Å². The van der Waals surface area contributed by atoms with Crippen LogP contribution >= 0.6 is 0 Å². The maximum Gasteiger partial charge on any atom is 0.128 e. The predicted octanol–water partition coefficient (Wildman–Crippen LogP) is 1.87. The van der Waals surface area contributed by atoms with Crippen LogP contribution in [-0.2, 0) is 6.54 Å². The number of nitrogens with zero attached hydrogens (tertiary/aromatic N) is 1. The number of benzene rings is 1. The molecule has 1 atom stereocenters. The molecule has 0 amide bonds. The molecule has 21 heavy (non-hydrogen) atoms. The number of aliphatic hydroxyl groups excluding tert-OH is 1. The van der Waals surface area contributed by atoms with Crippen LogP contribution in [0.25, 0.3) is 0 Å². The standard InChI is InChI=1S/C17H23FN2O/c18-17-12-14(4-3-9-19)6-7-15(17)13-20-10-2-1-5-16(20)8-11-21/h6-7,12,16,21H,1-2,5,8-11,13,19H2. The minimum atomic E-state index is -0.216. The van der Waals surface area contributed by atoms with Gasteiger partial charge in [0.25, 0.3) is 0 Å². The molecule has 1 saturated heterocycles. The number of hydrogen-bond acceptors (Lipinski definition) is 3. The van der Waals surface area contributed by atoms with E-state index >= 15 is 0 Å². The Labute approximate surface area is 125 Å². The fourth-order valence-electron chi connectivity index (χ4n) is 2.87. The molecular weight excluding hydrogens is 267 g/mol. The van der Waals surface area contributed by atoms with Gasteiger partial charge >= 0.3 is 0 Å². The summed E-state index contributed by atoms with van der Waals surface area (Å²) in [6.45, 7) is 2.04. The first-order valence-corrected chi connectivity index (χ1v) is 7.57. The van der Waals surface area contributed by atoms with Crippen molar-refractivity contribution in [3.63, 3.8) is 0 Å². The van der Waals surface area contributed by atoms with Gasteiger partial charge in [0.1, 0.15) is 5.82 Å². The summed E-state index contributed by atoms with van der Waals surface area (Å²) in [7, 11) is 0. The van der Waals surface area contributed by atoms with Gasteiger partial charge in [-0.05, 0) is 37.9 Å². The first-order chi connectivity index (χ1) is 10.2. The third kappa shape index (κ3) is 4.53. The van der Waals surface area contributed by atoms with E-state index in [2.05, 4.69) is 16.7 Å². The zero-order valence-electron chi connectivity index (χ0n) is 12.3. The molecule has 1 aromatic rings. The highest BCUT2D eigenvalue weighted by Crippen LogP contribution is 2.23. The molecule has 0 aromatic heterocycles. The number of likely N-dealkylation sites (tertiary alicyclic amines) is 1. The van der Waals surface area contributed by atoms with Crippen molar-refractivity contribution in [1.29, 1.82) is 0 Å². The Morgan fingerprint density at radius 3 is 2.95 bits per heavy atom. The summed E-state index contributed by atoms with van der Waals surface area (Å²) in [5.74, 6) is 5.36. The van der Waals surface area contributed by atoms with Crippen LogP contribution in [0.3, 0.4) is 0 Å². The third-order valence-corrected chi connectivity index (χ3v) is 3.97. The van der Waals surface area contributed by atoms with Crippen LogP contribution in [0.15, 0.2) is 18.2 Å². The Morgan fingerprint density at radius 1 is 1.38 bits per heavy atom. The second-order valence-electron chi connectivity index (χ2n) is 5.44. The van der Waals surface area contributed by atoms with Gasteiger partial charge in [-0.1, -0.05) is 24.3 Å². The molecule has 0 bridgehead atoms. The van der Waals surface area contributed by atoms with Crippen molar-refractivity contribution in [2.24, 2.45) is 5.73 Å². The van der Waals surface area contributed by atoms with Crippen LogP contribution in [0.1, 0.15) is 36.8 Å². The second-order valence-corrected chi connectivity index (χ2v) is 5.44. The van der Waals surface area contributed by atoms with E-state index < -0.39 is 0 Å². The molecule has 114 valence electrons. The zero-order chi connectivity index (χ0) is 15.1. The van der Waals surface area contributed by atoms with E-state index in [-0.39, 0.29) is 19.0 Å². The van der Waals surface area contributed by atoms with E-state index in [1.54, 1.807) is 6.07 Å². The van der Waals surface area contributed by atoms with Crippen LogP contribution in [-0.4, -0.2) is 35.7 Å². The first-order valence-electron chi connectivity index (χ1n) is 7.57. The molecule has 3 N–H and O–H groups in total. The number of hydrogen-bond donors (Lipinski definition) is 2. The fourth-order valence-corrected chi connectivity index (χ4v) is 2.87. The Morgan fingerprint density at radius 2 is 2.24 bits per heavy atom. The lowest BCUT2D eigenvalue weighted by atomic mass is 9.98. The molecule has 1 aliphatic rings. The van der Waals surface area contributed by atoms with Gasteiger partial charge in [0.2, 0.25) is 0 Å². The molecule has 0 radical (unpaired) electrons. The van der Waals surface area contributed by atoms with Gasteiger partial charge in [-0.25, -0.2) is 4.39 Å². The average molecular weight is 290 g/mol. The van der Waals surface area contributed by atoms with E-state index in [1.165, 1.54) is 12.5 Å². The van der Waals surface area contributed by atoms with Gasteiger partial charge in [-0.15, -0.1) is 0 Å². The van der Waals surface area contributed by atoms with E-state index in [1.807, 2.05) is 6.07 Å². The minimum Gasteiger partial charge on any atom is -0.396 e.